The Morgan fingerprint density at radius 1 is 1.21 bits per heavy atom. The molecule has 24 heavy (non-hydrogen) atoms. The first-order valence-corrected chi connectivity index (χ1v) is 8.73. The molecule has 0 bridgehead atoms. The molecule has 0 spiro atoms. The van der Waals surface area contributed by atoms with Crippen molar-refractivity contribution in [3.63, 3.8) is 0 Å². The Balaban J connectivity index is 2.51. The molecule has 1 N–H and O–H groups in total. The predicted octanol–water partition coefficient (Wildman–Crippen LogP) is 4.17. The van der Waals surface area contributed by atoms with Gasteiger partial charge in [0, 0.05) is 6.04 Å². The minimum Gasteiger partial charge on any atom is -0.462 e. The van der Waals surface area contributed by atoms with E-state index in [-0.39, 0.29) is 18.6 Å². The number of carbonyl (C=O) groups is 2. The molecule has 1 amide bonds. The molecular weight excluding hydrogens is 374 g/mol. The summed E-state index contributed by atoms with van der Waals surface area (Å²) in [6, 6.07) is 9.34. The molecule has 0 heterocycles. The third-order valence-corrected chi connectivity index (χ3v) is 3.99. The molecule has 132 valence electrons. The molecule has 0 fully saturated rings. The van der Waals surface area contributed by atoms with E-state index in [1.54, 1.807) is 13.0 Å². The Morgan fingerprint density at radius 2 is 1.88 bits per heavy atom. The fourth-order valence-electron chi connectivity index (χ4n) is 1.93. The molecule has 1 rings (SSSR count). The molecule has 1 atom stereocenters. The van der Waals surface area contributed by atoms with Crippen molar-refractivity contribution in [2.75, 3.05) is 6.61 Å². The summed E-state index contributed by atoms with van der Waals surface area (Å²) in [6.07, 6.45) is 1.73. The van der Waals surface area contributed by atoms with Crippen molar-refractivity contribution < 1.29 is 19.1 Å². The van der Waals surface area contributed by atoms with E-state index in [1.807, 2.05) is 44.2 Å². The van der Waals surface area contributed by atoms with Crippen LogP contribution in [0.2, 0.25) is 0 Å². The molecule has 0 aliphatic rings. The van der Waals surface area contributed by atoms with E-state index < -0.39 is 12.1 Å². The molecule has 1 unspecified atom stereocenters. The standard InChI is InChI=1S/C18H24BrNO4/c1-4-23-17(21)15(19)10-11-16(13(2)3)20-18(22)24-12-14-8-6-5-7-9-14/h5-10,13,16H,4,11-12H2,1-3H3,(H,20,22)/b15-10+. The molecule has 5 nitrogen and oxygen atoms in total. The molecule has 1 aromatic carbocycles. The Morgan fingerprint density at radius 3 is 2.46 bits per heavy atom. The lowest BCUT2D eigenvalue weighted by molar-refractivity contribution is -0.137. The van der Waals surface area contributed by atoms with Gasteiger partial charge in [-0.1, -0.05) is 50.3 Å². The first-order valence-electron chi connectivity index (χ1n) is 7.94. The molecule has 0 aromatic heterocycles. The van der Waals surface area contributed by atoms with E-state index in [9.17, 15) is 9.59 Å². The van der Waals surface area contributed by atoms with Crippen LogP contribution in [0.5, 0.6) is 0 Å². The third kappa shape index (κ3) is 7.64. The van der Waals surface area contributed by atoms with Gasteiger partial charge in [0.25, 0.3) is 0 Å². The summed E-state index contributed by atoms with van der Waals surface area (Å²) in [5.41, 5.74) is 0.929. The Kier molecular flexibility index (Phi) is 9.15. The number of hydrogen-bond acceptors (Lipinski definition) is 4. The normalized spacial score (nSPS) is 12.6. The van der Waals surface area contributed by atoms with E-state index in [0.717, 1.165) is 5.56 Å². The van der Waals surface area contributed by atoms with Gasteiger partial charge in [-0.2, -0.15) is 0 Å². The predicted molar refractivity (Wildman–Crippen MR) is 96.6 cm³/mol. The Labute approximate surface area is 151 Å². The first kappa shape index (κ1) is 20.2. The minimum absolute atomic E-state index is 0.143. The zero-order valence-electron chi connectivity index (χ0n) is 14.3. The number of nitrogens with one attached hydrogen (secondary N) is 1. The summed E-state index contributed by atoms with van der Waals surface area (Å²) in [4.78, 5) is 23.5. The highest BCUT2D eigenvalue weighted by Crippen LogP contribution is 2.14. The molecule has 0 radical (unpaired) electrons. The Hall–Kier alpha value is -1.82. The molecule has 0 saturated heterocycles. The highest BCUT2D eigenvalue weighted by molar-refractivity contribution is 9.12. The van der Waals surface area contributed by atoms with Crippen LogP contribution in [0.1, 0.15) is 32.8 Å². The van der Waals surface area contributed by atoms with E-state index in [1.165, 1.54) is 0 Å². The van der Waals surface area contributed by atoms with Gasteiger partial charge in [-0.3, -0.25) is 0 Å². The highest BCUT2D eigenvalue weighted by Gasteiger charge is 2.17. The van der Waals surface area contributed by atoms with E-state index in [0.29, 0.717) is 17.5 Å². The number of carbonyl (C=O) groups excluding carboxylic acids is 2. The van der Waals surface area contributed by atoms with Crippen LogP contribution in [-0.4, -0.2) is 24.7 Å². The number of alkyl carbamates (subject to hydrolysis) is 1. The lowest BCUT2D eigenvalue weighted by Gasteiger charge is -2.21. The van der Waals surface area contributed by atoms with Crippen molar-refractivity contribution in [3.8, 4) is 0 Å². The second-order valence-corrected chi connectivity index (χ2v) is 6.42. The van der Waals surface area contributed by atoms with Gasteiger partial charge in [0.1, 0.15) is 6.61 Å². The quantitative estimate of drug-likeness (QED) is 0.527. The Bertz CT molecular complexity index is 557. The van der Waals surface area contributed by atoms with Crippen LogP contribution in [0.25, 0.3) is 0 Å². The maximum absolute atomic E-state index is 12.0. The molecule has 1 aromatic rings. The summed E-state index contributed by atoms with van der Waals surface area (Å²) < 4.78 is 10.5. The second kappa shape index (κ2) is 10.9. The smallest absolute Gasteiger partial charge is 0.407 e. The fraction of sp³-hybridized carbons (Fsp3) is 0.444. The molecule has 0 saturated carbocycles. The van der Waals surface area contributed by atoms with Crippen LogP contribution < -0.4 is 5.32 Å². The molecule has 0 aliphatic carbocycles. The van der Waals surface area contributed by atoms with E-state index in [2.05, 4.69) is 21.2 Å². The number of halogens is 1. The fourth-order valence-corrected chi connectivity index (χ4v) is 2.23. The monoisotopic (exact) mass is 397 g/mol. The highest BCUT2D eigenvalue weighted by atomic mass is 79.9. The zero-order valence-corrected chi connectivity index (χ0v) is 15.8. The summed E-state index contributed by atoms with van der Waals surface area (Å²) in [5.74, 6) is -0.223. The lowest BCUT2D eigenvalue weighted by Crippen LogP contribution is -2.38. The van der Waals surface area contributed by atoms with Gasteiger partial charge < -0.3 is 14.8 Å². The summed E-state index contributed by atoms with van der Waals surface area (Å²) in [7, 11) is 0. The van der Waals surface area contributed by atoms with Crippen LogP contribution in [0.15, 0.2) is 40.9 Å². The van der Waals surface area contributed by atoms with Crippen LogP contribution in [0.3, 0.4) is 0 Å². The van der Waals surface area contributed by atoms with Gasteiger partial charge >= 0.3 is 12.1 Å². The molecule has 0 aliphatic heterocycles. The van der Waals surface area contributed by atoms with Crippen LogP contribution in [0, 0.1) is 5.92 Å². The third-order valence-electron chi connectivity index (χ3n) is 3.34. The van der Waals surface area contributed by atoms with Gasteiger partial charge in [0.05, 0.1) is 11.1 Å². The molecule has 6 heteroatoms. The van der Waals surface area contributed by atoms with Crippen molar-refractivity contribution in [1.29, 1.82) is 0 Å². The van der Waals surface area contributed by atoms with Gasteiger partial charge in [0.2, 0.25) is 0 Å². The van der Waals surface area contributed by atoms with E-state index >= 15 is 0 Å². The number of rotatable bonds is 8. The molecular formula is C18H24BrNO4. The average molecular weight is 398 g/mol. The van der Waals surface area contributed by atoms with Gasteiger partial charge in [0.15, 0.2) is 0 Å². The summed E-state index contributed by atoms with van der Waals surface area (Å²) >= 11 is 3.19. The topological polar surface area (TPSA) is 64.6 Å². The number of amides is 1. The lowest BCUT2D eigenvalue weighted by atomic mass is 10.0. The number of benzene rings is 1. The zero-order chi connectivity index (χ0) is 17.9. The van der Waals surface area contributed by atoms with E-state index in [4.69, 9.17) is 9.47 Å². The van der Waals surface area contributed by atoms with Gasteiger partial charge in [-0.05, 0) is 40.8 Å². The van der Waals surface area contributed by atoms with Crippen molar-refractivity contribution in [2.45, 2.75) is 39.8 Å². The van der Waals surface area contributed by atoms with Crippen molar-refractivity contribution in [1.82, 2.24) is 5.32 Å². The van der Waals surface area contributed by atoms with Gasteiger partial charge in [-0.15, -0.1) is 0 Å². The van der Waals surface area contributed by atoms with Crippen LogP contribution in [-0.2, 0) is 20.9 Å². The van der Waals surface area contributed by atoms with Crippen molar-refractivity contribution in [2.24, 2.45) is 5.92 Å². The maximum atomic E-state index is 12.0. The van der Waals surface area contributed by atoms with Crippen LogP contribution in [0.4, 0.5) is 4.79 Å². The first-order chi connectivity index (χ1) is 11.4. The number of ether oxygens (including phenoxy) is 2. The minimum atomic E-state index is -0.474. The van der Waals surface area contributed by atoms with Crippen molar-refractivity contribution in [3.05, 3.63) is 46.5 Å². The maximum Gasteiger partial charge on any atom is 0.407 e. The second-order valence-electron chi connectivity index (χ2n) is 5.56. The average Bonchev–Trinajstić information content (AvgIpc) is 2.57. The summed E-state index contributed by atoms with van der Waals surface area (Å²) in [5, 5.41) is 2.83. The van der Waals surface area contributed by atoms with Crippen molar-refractivity contribution >= 4 is 28.0 Å². The number of esters is 1. The SMILES string of the molecule is CCOC(=O)/C(Br)=C\CC(NC(=O)OCc1ccccc1)C(C)C. The van der Waals surface area contributed by atoms with Gasteiger partial charge in [-0.25, -0.2) is 9.59 Å². The largest absolute Gasteiger partial charge is 0.462 e. The summed E-state index contributed by atoms with van der Waals surface area (Å²) in [6.45, 7) is 6.28. The van der Waals surface area contributed by atoms with Crippen LogP contribution >= 0.6 is 15.9 Å². The number of hydrogen-bond donors (Lipinski definition) is 1.